The fourth-order valence-corrected chi connectivity index (χ4v) is 1.66. The van der Waals surface area contributed by atoms with Gasteiger partial charge in [0.1, 0.15) is 11.5 Å². The van der Waals surface area contributed by atoms with Crippen molar-refractivity contribution in [3.8, 4) is 0 Å². The summed E-state index contributed by atoms with van der Waals surface area (Å²) in [4.78, 5) is 15.0. The molecule has 0 radical (unpaired) electrons. The summed E-state index contributed by atoms with van der Waals surface area (Å²) < 4.78 is 5.44. The highest BCUT2D eigenvalue weighted by Crippen LogP contribution is 2.14. The summed E-state index contributed by atoms with van der Waals surface area (Å²) in [6, 6.07) is 3.77. The van der Waals surface area contributed by atoms with E-state index in [1.54, 1.807) is 16.8 Å². The van der Waals surface area contributed by atoms with Crippen molar-refractivity contribution < 1.29 is 9.21 Å². The fraction of sp³-hybridized carbons (Fsp3) is 0.500. The first-order valence-electron chi connectivity index (χ1n) is 4.98. The van der Waals surface area contributed by atoms with E-state index in [4.69, 9.17) is 10.2 Å². The maximum absolute atomic E-state index is 11.6. The summed E-state index contributed by atoms with van der Waals surface area (Å²) in [5.41, 5.74) is 5.44. The number of urea groups is 1. The van der Waals surface area contributed by atoms with Crippen LogP contribution in [0.2, 0.25) is 0 Å². The second kappa shape index (κ2) is 3.94. The molecule has 2 amide bonds. The Labute approximate surface area is 88.4 Å². The molecule has 0 atom stereocenters. The average Bonchev–Trinajstić information content (AvgIpc) is 2.80. The summed E-state index contributed by atoms with van der Waals surface area (Å²) >= 11 is 0. The van der Waals surface area contributed by atoms with Crippen LogP contribution in [0.5, 0.6) is 0 Å². The number of likely N-dealkylation sites (N-methyl/N-ethyl adjacent to an activating group) is 1. The van der Waals surface area contributed by atoms with Crippen molar-refractivity contribution in [3.05, 3.63) is 23.7 Å². The first kappa shape index (κ1) is 10.0. The normalized spacial score (nSPS) is 16.5. The largest absolute Gasteiger partial charge is 0.463 e. The molecule has 0 bridgehead atoms. The molecule has 0 aliphatic carbocycles. The lowest BCUT2D eigenvalue weighted by Gasteiger charge is -2.13. The maximum Gasteiger partial charge on any atom is 0.320 e. The van der Waals surface area contributed by atoms with Crippen molar-refractivity contribution in [3.63, 3.8) is 0 Å². The molecule has 5 nitrogen and oxygen atoms in total. The molecule has 2 rings (SSSR count). The minimum atomic E-state index is 0.0562. The van der Waals surface area contributed by atoms with E-state index in [2.05, 4.69) is 0 Å². The second-order valence-corrected chi connectivity index (χ2v) is 3.70. The number of amides is 2. The van der Waals surface area contributed by atoms with Gasteiger partial charge in [0.05, 0.1) is 13.1 Å². The zero-order valence-corrected chi connectivity index (χ0v) is 8.77. The Morgan fingerprint density at radius 3 is 2.67 bits per heavy atom. The number of carbonyl (C=O) groups is 1. The van der Waals surface area contributed by atoms with Crippen LogP contribution < -0.4 is 5.73 Å². The molecule has 1 saturated heterocycles. The first-order valence-corrected chi connectivity index (χ1v) is 4.98. The molecule has 0 saturated carbocycles. The van der Waals surface area contributed by atoms with Crippen LogP contribution in [0, 0.1) is 0 Å². The van der Waals surface area contributed by atoms with Gasteiger partial charge >= 0.3 is 6.03 Å². The summed E-state index contributed by atoms with van der Waals surface area (Å²) in [5.74, 6) is 1.55. The molecular formula is C10H15N3O2. The van der Waals surface area contributed by atoms with E-state index in [1.165, 1.54) is 0 Å². The van der Waals surface area contributed by atoms with Crippen LogP contribution in [0.4, 0.5) is 4.79 Å². The summed E-state index contributed by atoms with van der Waals surface area (Å²) in [5, 5.41) is 0. The number of hydrogen-bond acceptors (Lipinski definition) is 3. The van der Waals surface area contributed by atoms with Crippen LogP contribution in [-0.4, -0.2) is 36.0 Å². The third-order valence-corrected chi connectivity index (χ3v) is 2.57. The highest BCUT2D eigenvalue weighted by molar-refractivity contribution is 5.76. The Hall–Kier alpha value is -1.49. The molecule has 2 N–H and O–H groups in total. The maximum atomic E-state index is 11.6. The number of rotatable bonds is 3. The minimum Gasteiger partial charge on any atom is -0.463 e. The fourth-order valence-electron chi connectivity index (χ4n) is 1.66. The summed E-state index contributed by atoms with van der Waals surface area (Å²) in [6.07, 6.45) is 0. The van der Waals surface area contributed by atoms with E-state index in [-0.39, 0.29) is 6.03 Å². The van der Waals surface area contributed by atoms with E-state index in [1.807, 2.05) is 12.1 Å². The van der Waals surface area contributed by atoms with Gasteiger partial charge in [-0.3, -0.25) is 0 Å². The summed E-state index contributed by atoms with van der Waals surface area (Å²) in [7, 11) is 1.80. The van der Waals surface area contributed by atoms with Crippen molar-refractivity contribution in [1.82, 2.24) is 9.80 Å². The van der Waals surface area contributed by atoms with Gasteiger partial charge in [0.15, 0.2) is 0 Å². The molecule has 1 aromatic rings. The van der Waals surface area contributed by atoms with Gasteiger partial charge in [-0.2, -0.15) is 0 Å². The minimum absolute atomic E-state index is 0.0562. The van der Waals surface area contributed by atoms with Gasteiger partial charge in [-0.25, -0.2) is 4.79 Å². The van der Waals surface area contributed by atoms with Gasteiger partial charge in [-0.1, -0.05) is 0 Å². The van der Waals surface area contributed by atoms with Crippen molar-refractivity contribution in [2.24, 2.45) is 5.73 Å². The molecule has 5 heteroatoms. The third kappa shape index (κ3) is 1.97. The monoisotopic (exact) mass is 209 g/mol. The number of nitrogens with two attached hydrogens (primary N) is 1. The highest BCUT2D eigenvalue weighted by atomic mass is 16.3. The van der Waals surface area contributed by atoms with Crippen molar-refractivity contribution >= 4 is 6.03 Å². The predicted octanol–water partition coefficient (Wildman–Crippen LogP) is 0.606. The highest BCUT2D eigenvalue weighted by Gasteiger charge is 2.25. The SMILES string of the molecule is CN1CCN(Cc2ccc(CN)o2)C1=O. The second-order valence-electron chi connectivity index (χ2n) is 3.70. The molecule has 0 unspecified atom stereocenters. The van der Waals surface area contributed by atoms with Crippen molar-refractivity contribution in [2.75, 3.05) is 20.1 Å². The number of furan rings is 1. The molecule has 15 heavy (non-hydrogen) atoms. The quantitative estimate of drug-likeness (QED) is 0.793. The molecule has 0 spiro atoms. The van der Waals surface area contributed by atoms with Gasteiger partial charge in [-0.05, 0) is 12.1 Å². The van der Waals surface area contributed by atoms with Gasteiger partial charge in [0.25, 0.3) is 0 Å². The van der Waals surface area contributed by atoms with Gasteiger partial charge in [-0.15, -0.1) is 0 Å². The van der Waals surface area contributed by atoms with E-state index in [0.717, 1.165) is 24.6 Å². The lowest BCUT2D eigenvalue weighted by molar-refractivity contribution is 0.193. The van der Waals surface area contributed by atoms with Crippen molar-refractivity contribution in [1.29, 1.82) is 0 Å². The Morgan fingerprint density at radius 1 is 1.40 bits per heavy atom. The molecule has 1 aliphatic heterocycles. The van der Waals surface area contributed by atoms with Crippen LogP contribution in [0.1, 0.15) is 11.5 Å². The molecule has 82 valence electrons. The van der Waals surface area contributed by atoms with Crippen LogP contribution in [0.15, 0.2) is 16.5 Å². The predicted molar refractivity (Wildman–Crippen MR) is 55.0 cm³/mol. The van der Waals surface area contributed by atoms with Gasteiger partial charge < -0.3 is 20.0 Å². The molecule has 2 heterocycles. The Morgan fingerprint density at radius 2 is 2.13 bits per heavy atom. The topological polar surface area (TPSA) is 62.7 Å². The lowest BCUT2D eigenvalue weighted by Crippen LogP contribution is -2.28. The number of carbonyl (C=O) groups excluding carboxylic acids is 1. The Bertz CT molecular complexity index is 361. The van der Waals surface area contributed by atoms with Crippen LogP contribution >= 0.6 is 0 Å². The van der Waals surface area contributed by atoms with Crippen LogP contribution in [-0.2, 0) is 13.1 Å². The molecular weight excluding hydrogens is 194 g/mol. The molecule has 1 aliphatic rings. The van der Waals surface area contributed by atoms with Crippen LogP contribution in [0.25, 0.3) is 0 Å². The lowest BCUT2D eigenvalue weighted by atomic mass is 10.4. The Balaban J connectivity index is 2.00. The van der Waals surface area contributed by atoms with Crippen LogP contribution in [0.3, 0.4) is 0 Å². The zero-order chi connectivity index (χ0) is 10.8. The smallest absolute Gasteiger partial charge is 0.320 e. The van der Waals surface area contributed by atoms with E-state index in [9.17, 15) is 4.79 Å². The number of hydrogen-bond donors (Lipinski definition) is 1. The standard InChI is InChI=1S/C10H15N3O2/c1-12-4-5-13(10(12)14)7-9-3-2-8(6-11)15-9/h2-3H,4-7,11H2,1H3. The average molecular weight is 209 g/mol. The third-order valence-electron chi connectivity index (χ3n) is 2.57. The van der Waals surface area contributed by atoms with E-state index >= 15 is 0 Å². The van der Waals surface area contributed by atoms with E-state index in [0.29, 0.717) is 13.1 Å². The zero-order valence-electron chi connectivity index (χ0n) is 8.77. The number of nitrogens with zero attached hydrogens (tertiary/aromatic N) is 2. The van der Waals surface area contributed by atoms with Gasteiger partial charge in [0.2, 0.25) is 0 Å². The molecule has 1 aromatic heterocycles. The molecule has 1 fully saturated rings. The van der Waals surface area contributed by atoms with Crippen molar-refractivity contribution in [2.45, 2.75) is 13.1 Å². The Kier molecular flexibility index (Phi) is 2.64. The first-order chi connectivity index (χ1) is 7.20. The molecule has 0 aromatic carbocycles. The van der Waals surface area contributed by atoms with Gasteiger partial charge in [0, 0.05) is 20.1 Å². The summed E-state index contributed by atoms with van der Waals surface area (Å²) in [6.45, 7) is 2.47. The van der Waals surface area contributed by atoms with E-state index < -0.39 is 0 Å².